The van der Waals surface area contributed by atoms with Gasteiger partial charge in [-0.2, -0.15) is 13.2 Å². The van der Waals surface area contributed by atoms with Gasteiger partial charge >= 0.3 is 6.18 Å². The van der Waals surface area contributed by atoms with Crippen LogP contribution < -0.4 is 14.8 Å². The molecular formula is C21H17F3N2O4. The largest absolute Gasteiger partial charge is 0.492 e. The summed E-state index contributed by atoms with van der Waals surface area (Å²) in [6, 6.07) is 18.6. The van der Waals surface area contributed by atoms with Crippen LogP contribution in [0.2, 0.25) is 0 Å². The lowest BCUT2D eigenvalue weighted by molar-refractivity contribution is -0.385. The van der Waals surface area contributed by atoms with Crippen molar-refractivity contribution < 1.29 is 27.6 Å². The van der Waals surface area contributed by atoms with E-state index >= 15 is 0 Å². The molecule has 0 amide bonds. The fourth-order valence-corrected chi connectivity index (χ4v) is 2.64. The zero-order valence-electron chi connectivity index (χ0n) is 15.6. The maximum Gasteiger partial charge on any atom is 0.418 e. The molecule has 0 aliphatic carbocycles. The van der Waals surface area contributed by atoms with Crippen LogP contribution in [-0.2, 0) is 6.18 Å². The van der Waals surface area contributed by atoms with E-state index < -0.39 is 22.4 Å². The number of para-hydroxylation sites is 1. The molecule has 0 saturated heterocycles. The van der Waals surface area contributed by atoms with Crippen LogP contribution in [0.15, 0.2) is 72.8 Å². The molecule has 9 heteroatoms. The lowest BCUT2D eigenvalue weighted by atomic mass is 10.1. The Hall–Kier alpha value is -3.75. The Labute approximate surface area is 170 Å². The summed E-state index contributed by atoms with van der Waals surface area (Å²) in [4.78, 5) is 9.87. The molecule has 0 fully saturated rings. The quantitative estimate of drug-likeness (QED) is 0.280. The molecule has 156 valence electrons. The van der Waals surface area contributed by atoms with Gasteiger partial charge in [0.25, 0.3) is 5.69 Å². The maximum absolute atomic E-state index is 13.2. The second-order valence-electron chi connectivity index (χ2n) is 6.15. The number of ether oxygens (including phenoxy) is 2. The minimum atomic E-state index is -4.72. The van der Waals surface area contributed by atoms with E-state index in [4.69, 9.17) is 9.47 Å². The number of nitro groups is 1. The Balaban J connectivity index is 1.59. The van der Waals surface area contributed by atoms with Gasteiger partial charge in [0, 0.05) is 30.4 Å². The first-order valence-corrected chi connectivity index (χ1v) is 8.88. The molecule has 0 saturated carbocycles. The van der Waals surface area contributed by atoms with Crippen molar-refractivity contribution in [2.24, 2.45) is 0 Å². The van der Waals surface area contributed by atoms with Gasteiger partial charge in [-0.3, -0.25) is 10.1 Å². The second kappa shape index (κ2) is 9.17. The van der Waals surface area contributed by atoms with Gasteiger partial charge < -0.3 is 14.8 Å². The van der Waals surface area contributed by atoms with Crippen LogP contribution in [0, 0.1) is 10.1 Å². The summed E-state index contributed by atoms with van der Waals surface area (Å²) >= 11 is 0. The van der Waals surface area contributed by atoms with Gasteiger partial charge in [-0.15, -0.1) is 0 Å². The first kappa shape index (κ1) is 21.0. The topological polar surface area (TPSA) is 73.6 Å². The number of hydrogen-bond donors (Lipinski definition) is 1. The highest BCUT2D eigenvalue weighted by atomic mass is 19.4. The summed E-state index contributed by atoms with van der Waals surface area (Å²) in [6.45, 7) is 0.133. The lowest BCUT2D eigenvalue weighted by Crippen LogP contribution is -2.16. The molecule has 3 rings (SSSR count). The van der Waals surface area contributed by atoms with Crippen LogP contribution >= 0.6 is 0 Å². The van der Waals surface area contributed by atoms with Crippen molar-refractivity contribution >= 4 is 11.4 Å². The average molecular weight is 418 g/mol. The van der Waals surface area contributed by atoms with E-state index in [0.29, 0.717) is 23.3 Å². The Bertz CT molecular complexity index is 1010. The monoisotopic (exact) mass is 418 g/mol. The van der Waals surface area contributed by atoms with Gasteiger partial charge in [0.05, 0.1) is 10.5 Å². The number of alkyl halides is 3. The van der Waals surface area contributed by atoms with E-state index in [0.717, 1.165) is 12.1 Å². The summed E-state index contributed by atoms with van der Waals surface area (Å²) in [7, 11) is 0. The van der Waals surface area contributed by atoms with Gasteiger partial charge in [0.2, 0.25) is 0 Å². The SMILES string of the molecule is O=[N+]([O-])c1ccc(NCCOc2cccc(Oc3ccccc3)c2)c(C(F)(F)F)c1. The van der Waals surface area contributed by atoms with Crippen LogP contribution in [-0.4, -0.2) is 18.1 Å². The van der Waals surface area contributed by atoms with Crippen LogP contribution in [0.25, 0.3) is 0 Å². The Morgan fingerprint density at radius 3 is 2.30 bits per heavy atom. The van der Waals surface area contributed by atoms with E-state index in [-0.39, 0.29) is 18.8 Å². The van der Waals surface area contributed by atoms with E-state index in [1.165, 1.54) is 0 Å². The van der Waals surface area contributed by atoms with E-state index in [2.05, 4.69) is 5.32 Å². The van der Waals surface area contributed by atoms with Crippen molar-refractivity contribution in [3.05, 3.63) is 88.5 Å². The number of nitrogens with zero attached hydrogens (tertiary/aromatic N) is 1. The molecule has 0 unspecified atom stereocenters. The molecule has 0 bridgehead atoms. The summed E-state index contributed by atoms with van der Waals surface area (Å²) in [6.07, 6.45) is -4.72. The third-order valence-electron chi connectivity index (χ3n) is 3.99. The zero-order chi connectivity index (χ0) is 21.6. The Morgan fingerprint density at radius 2 is 1.60 bits per heavy atom. The van der Waals surface area contributed by atoms with E-state index in [9.17, 15) is 23.3 Å². The molecule has 0 spiro atoms. The van der Waals surface area contributed by atoms with E-state index in [1.807, 2.05) is 18.2 Å². The normalized spacial score (nSPS) is 11.0. The first-order chi connectivity index (χ1) is 14.3. The van der Waals surface area contributed by atoms with Crippen molar-refractivity contribution in [1.29, 1.82) is 0 Å². The molecule has 0 aromatic heterocycles. The number of nitro benzene ring substituents is 1. The number of benzene rings is 3. The molecule has 0 heterocycles. The van der Waals surface area contributed by atoms with Crippen molar-refractivity contribution in [2.75, 3.05) is 18.5 Å². The Kier molecular flexibility index (Phi) is 6.41. The van der Waals surface area contributed by atoms with E-state index in [1.54, 1.807) is 36.4 Å². The molecule has 3 aromatic rings. The van der Waals surface area contributed by atoms with Crippen molar-refractivity contribution in [3.8, 4) is 17.2 Å². The second-order valence-corrected chi connectivity index (χ2v) is 6.15. The minimum absolute atomic E-state index is 0.0602. The smallest absolute Gasteiger partial charge is 0.418 e. The molecule has 1 N–H and O–H groups in total. The minimum Gasteiger partial charge on any atom is -0.492 e. The van der Waals surface area contributed by atoms with Crippen LogP contribution in [0.5, 0.6) is 17.2 Å². The molecule has 0 atom stereocenters. The van der Waals surface area contributed by atoms with Gasteiger partial charge in [-0.05, 0) is 30.3 Å². The Morgan fingerprint density at radius 1 is 0.900 bits per heavy atom. The number of anilines is 1. The molecule has 3 aromatic carbocycles. The molecule has 0 radical (unpaired) electrons. The molecule has 0 aliphatic rings. The van der Waals surface area contributed by atoms with Gasteiger partial charge in [-0.25, -0.2) is 0 Å². The number of non-ortho nitro benzene ring substituents is 1. The fraction of sp³-hybridized carbons (Fsp3) is 0.143. The highest BCUT2D eigenvalue weighted by molar-refractivity contribution is 5.57. The highest BCUT2D eigenvalue weighted by Crippen LogP contribution is 2.37. The maximum atomic E-state index is 13.2. The van der Waals surface area contributed by atoms with Crippen LogP contribution in [0.1, 0.15) is 5.56 Å². The third kappa shape index (κ3) is 5.63. The average Bonchev–Trinajstić information content (AvgIpc) is 2.71. The zero-order valence-corrected chi connectivity index (χ0v) is 15.6. The highest BCUT2D eigenvalue weighted by Gasteiger charge is 2.35. The van der Waals surface area contributed by atoms with Crippen LogP contribution in [0.3, 0.4) is 0 Å². The van der Waals surface area contributed by atoms with Gasteiger partial charge in [0.1, 0.15) is 23.9 Å². The lowest BCUT2D eigenvalue weighted by Gasteiger charge is -2.15. The standard InChI is InChI=1S/C21H17F3N2O4/c22-21(23,24)19-13-15(26(27)28)9-10-20(19)25-11-12-29-17-7-4-8-18(14-17)30-16-5-2-1-3-6-16/h1-10,13-14,25H,11-12H2. The number of halogens is 3. The predicted molar refractivity (Wildman–Crippen MR) is 105 cm³/mol. The predicted octanol–water partition coefficient (Wildman–Crippen LogP) is 5.90. The molecule has 30 heavy (non-hydrogen) atoms. The summed E-state index contributed by atoms with van der Waals surface area (Å²) in [5.74, 6) is 1.71. The van der Waals surface area contributed by atoms with Crippen molar-refractivity contribution in [2.45, 2.75) is 6.18 Å². The van der Waals surface area contributed by atoms with Gasteiger partial charge in [0.15, 0.2) is 0 Å². The summed E-state index contributed by atoms with van der Waals surface area (Å²) < 4.78 is 50.8. The number of nitrogens with one attached hydrogen (secondary N) is 1. The fourth-order valence-electron chi connectivity index (χ4n) is 2.64. The third-order valence-corrected chi connectivity index (χ3v) is 3.99. The summed E-state index contributed by atoms with van der Waals surface area (Å²) in [5, 5.41) is 13.4. The number of rotatable bonds is 8. The molecular weight excluding hydrogens is 401 g/mol. The first-order valence-electron chi connectivity index (χ1n) is 8.88. The van der Waals surface area contributed by atoms with Crippen molar-refractivity contribution in [1.82, 2.24) is 0 Å². The molecule has 0 aliphatic heterocycles. The summed E-state index contributed by atoms with van der Waals surface area (Å²) in [5.41, 5.74) is -1.98. The van der Waals surface area contributed by atoms with Crippen molar-refractivity contribution in [3.63, 3.8) is 0 Å². The number of hydrogen-bond acceptors (Lipinski definition) is 5. The van der Waals surface area contributed by atoms with Gasteiger partial charge in [-0.1, -0.05) is 24.3 Å². The molecule has 6 nitrogen and oxygen atoms in total. The van der Waals surface area contributed by atoms with Crippen LogP contribution in [0.4, 0.5) is 24.5 Å².